The number of aryl methyl sites for hydroxylation is 1. The van der Waals surface area contributed by atoms with E-state index in [0.717, 1.165) is 10.9 Å². The number of benzene rings is 1. The maximum Gasteiger partial charge on any atom is 0.151 e. The summed E-state index contributed by atoms with van der Waals surface area (Å²) in [5.74, 6) is 0. The van der Waals surface area contributed by atoms with Crippen molar-refractivity contribution in [3.8, 4) is 6.07 Å². The summed E-state index contributed by atoms with van der Waals surface area (Å²) in [5.41, 5.74) is 2.29. The quantitative estimate of drug-likeness (QED) is 0.589. The van der Waals surface area contributed by atoms with Gasteiger partial charge in [-0.05, 0) is 18.6 Å². The second kappa shape index (κ2) is 2.38. The van der Waals surface area contributed by atoms with Crippen molar-refractivity contribution in [1.82, 2.24) is 0 Å². The molecule has 0 N–H and O–H groups in total. The molecule has 0 saturated carbocycles. The zero-order valence-corrected chi connectivity index (χ0v) is 6.66. The van der Waals surface area contributed by atoms with E-state index in [1.807, 2.05) is 25.1 Å². The summed E-state index contributed by atoms with van der Waals surface area (Å²) in [4.78, 5) is 0. The fourth-order valence-corrected chi connectivity index (χ4v) is 1.27. The molecule has 0 fully saturated rings. The topological polar surface area (TPSA) is 36.9 Å². The highest BCUT2D eigenvalue weighted by atomic mass is 16.3. The van der Waals surface area contributed by atoms with Crippen LogP contribution in [0.1, 0.15) is 11.1 Å². The third-order valence-corrected chi connectivity index (χ3v) is 1.94. The molecule has 58 valence electrons. The number of hydrogen-bond donors (Lipinski definition) is 0. The van der Waals surface area contributed by atoms with Gasteiger partial charge in [0.1, 0.15) is 6.07 Å². The van der Waals surface area contributed by atoms with E-state index in [2.05, 4.69) is 6.07 Å². The number of furan rings is 1. The van der Waals surface area contributed by atoms with Crippen LogP contribution in [0.3, 0.4) is 0 Å². The Morgan fingerprint density at radius 2 is 2.17 bits per heavy atom. The highest BCUT2D eigenvalue weighted by Crippen LogP contribution is 2.21. The molecule has 0 aliphatic carbocycles. The smallest absolute Gasteiger partial charge is 0.151 e. The summed E-state index contributed by atoms with van der Waals surface area (Å²) in [6.45, 7) is 1.90. The second-order valence-electron chi connectivity index (χ2n) is 2.71. The van der Waals surface area contributed by atoms with Gasteiger partial charge in [-0.25, -0.2) is 0 Å². The first-order chi connectivity index (χ1) is 5.83. The van der Waals surface area contributed by atoms with Crippen LogP contribution in [0.15, 0.2) is 28.9 Å². The number of hydrogen-bond acceptors (Lipinski definition) is 2. The largest absolute Gasteiger partial charge is 0.463 e. The summed E-state index contributed by atoms with van der Waals surface area (Å²) in [6.07, 6.45) is 1.60. The summed E-state index contributed by atoms with van der Waals surface area (Å²) >= 11 is 0. The third-order valence-electron chi connectivity index (χ3n) is 1.94. The second-order valence-corrected chi connectivity index (χ2v) is 2.71. The Balaban J connectivity index is 2.94. The zero-order valence-electron chi connectivity index (χ0n) is 6.66. The molecule has 0 spiro atoms. The van der Waals surface area contributed by atoms with Crippen molar-refractivity contribution in [3.05, 3.63) is 35.6 Å². The maximum absolute atomic E-state index is 8.82. The van der Waals surface area contributed by atoms with Crippen LogP contribution in [0.5, 0.6) is 0 Å². The SMILES string of the molecule is Cc1ccc2ccoc2c1C#N. The van der Waals surface area contributed by atoms with Crippen LogP contribution in [-0.4, -0.2) is 0 Å². The van der Waals surface area contributed by atoms with Crippen molar-refractivity contribution in [2.24, 2.45) is 0 Å². The van der Waals surface area contributed by atoms with E-state index in [4.69, 9.17) is 9.68 Å². The summed E-state index contributed by atoms with van der Waals surface area (Å²) < 4.78 is 5.20. The Bertz CT molecular complexity index is 462. The van der Waals surface area contributed by atoms with Crippen LogP contribution in [0, 0.1) is 18.3 Å². The maximum atomic E-state index is 8.82. The molecule has 0 aliphatic rings. The van der Waals surface area contributed by atoms with Crippen LogP contribution in [0.4, 0.5) is 0 Å². The molecule has 2 aromatic rings. The lowest BCUT2D eigenvalue weighted by molar-refractivity contribution is 0.614. The molecule has 12 heavy (non-hydrogen) atoms. The molecule has 0 radical (unpaired) electrons. The zero-order chi connectivity index (χ0) is 8.55. The molecule has 1 aromatic carbocycles. The summed E-state index contributed by atoms with van der Waals surface area (Å²) in [7, 11) is 0. The fraction of sp³-hybridized carbons (Fsp3) is 0.100. The molecule has 0 bridgehead atoms. The minimum atomic E-state index is 0.637. The number of fused-ring (bicyclic) bond motifs is 1. The summed E-state index contributed by atoms with van der Waals surface area (Å²) in [5, 5.41) is 9.81. The van der Waals surface area contributed by atoms with Crippen molar-refractivity contribution in [2.75, 3.05) is 0 Å². The number of rotatable bonds is 0. The first-order valence-electron chi connectivity index (χ1n) is 3.70. The molecular formula is C10H7NO. The Hall–Kier alpha value is -1.75. The molecule has 2 heteroatoms. The highest BCUT2D eigenvalue weighted by Gasteiger charge is 2.05. The summed E-state index contributed by atoms with van der Waals surface area (Å²) in [6, 6.07) is 7.87. The average molecular weight is 157 g/mol. The molecule has 0 aliphatic heterocycles. The molecule has 2 rings (SSSR count). The van der Waals surface area contributed by atoms with Gasteiger partial charge in [-0.3, -0.25) is 0 Å². The van der Waals surface area contributed by atoms with E-state index < -0.39 is 0 Å². The van der Waals surface area contributed by atoms with Gasteiger partial charge >= 0.3 is 0 Å². The van der Waals surface area contributed by atoms with E-state index in [-0.39, 0.29) is 0 Å². The lowest BCUT2D eigenvalue weighted by Crippen LogP contribution is -1.81. The van der Waals surface area contributed by atoms with Crippen molar-refractivity contribution < 1.29 is 4.42 Å². The van der Waals surface area contributed by atoms with Crippen LogP contribution in [0.2, 0.25) is 0 Å². The van der Waals surface area contributed by atoms with Gasteiger partial charge in [0.15, 0.2) is 5.58 Å². The Labute approximate surface area is 70.0 Å². The van der Waals surface area contributed by atoms with Crippen molar-refractivity contribution in [2.45, 2.75) is 6.92 Å². The van der Waals surface area contributed by atoms with Gasteiger partial charge < -0.3 is 4.42 Å². The first-order valence-corrected chi connectivity index (χ1v) is 3.70. The molecule has 0 atom stereocenters. The normalized spacial score (nSPS) is 10.0. The third kappa shape index (κ3) is 0.802. The predicted octanol–water partition coefficient (Wildman–Crippen LogP) is 2.61. The van der Waals surface area contributed by atoms with Crippen LogP contribution >= 0.6 is 0 Å². The molecule has 2 nitrogen and oxygen atoms in total. The number of nitrogens with zero attached hydrogens (tertiary/aromatic N) is 1. The molecular weight excluding hydrogens is 150 g/mol. The minimum absolute atomic E-state index is 0.637. The van der Waals surface area contributed by atoms with E-state index in [1.54, 1.807) is 6.26 Å². The molecule has 0 amide bonds. The van der Waals surface area contributed by atoms with Crippen LogP contribution < -0.4 is 0 Å². The molecule has 1 heterocycles. The average Bonchev–Trinajstić information content (AvgIpc) is 2.52. The monoisotopic (exact) mass is 157 g/mol. The van der Waals surface area contributed by atoms with Gasteiger partial charge in [-0.15, -0.1) is 0 Å². The minimum Gasteiger partial charge on any atom is -0.463 e. The lowest BCUT2D eigenvalue weighted by atomic mass is 10.1. The van der Waals surface area contributed by atoms with Gasteiger partial charge in [-0.2, -0.15) is 5.26 Å². The number of nitriles is 1. The molecule has 0 saturated heterocycles. The standard InChI is InChI=1S/C10H7NO/c1-7-2-3-8-4-5-12-10(8)9(7)6-11/h2-5H,1H3. The van der Waals surface area contributed by atoms with Gasteiger partial charge in [0.05, 0.1) is 11.8 Å². The van der Waals surface area contributed by atoms with Crippen molar-refractivity contribution >= 4 is 11.0 Å². The van der Waals surface area contributed by atoms with Crippen molar-refractivity contribution in [3.63, 3.8) is 0 Å². The Morgan fingerprint density at radius 3 is 2.92 bits per heavy atom. The van der Waals surface area contributed by atoms with Gasteiger partial charge in [0, 0.05) is 5.39 Å². The highest BCUT2D eigenvalue weighted by molar-refractivity contribution is 5.83. The predicted molar refractivity (Wildman–Crippen MR) is 45.7 cm³/mol. The van der Waals surface area contributed by atoms with E-state index >= 15 is 0 Å². The Morgan fingerprint density at radius 1 is 1.33 bits per heavy atom. The lowest BCUT2D eigenvalue weighted by Gasteiger charge is -1.95. The molecule has 0 unspecified atom stereocenters. The van der Waals surface area contributed by atoms with E-state index in [0.29, 0.717) is 11.1 Å². The Kier molecular flexibility index (Phi) is 1.38. The van der Waals surface area contributed by atoms with Gasteiger partial charge in [0.2, 0.25) is 0 Å². The van der Waals surface area contributed by atoms with Gasteiger partial charge in [-0.1, -0.05) is 12.1 Å². The van der Waals surface area contributed by atoms with E-state index in [1.165, 1.54) is 0 Å². The fourth-order valence-electron chi connectivity index (χ4n) is 1.27. The van der Waals surface area contributed by atoms with Crippen molar-refractivity contribution in [1.29, 1.82) is 5.26 Å². The van der Waals surface area contributed by atoms with Crippen LogP contribution in [-0.2, 0) is 0 Å². The van der Waals surface area contributed by atoms with E-state index in [9.17, 15) is 0 Å². The van der Waals surface area contributed by atoms with Crippen LogP contribution in [0.25, 0.3) is 11.0 Å². The first kappa shape index (κ1) is 6.93. The van der Waals surface area contributed by atoms with Gasteiger partial charge in [0.25, 0.3) is 0 Å². The molecule has 1 aromatic heterocycles.